The number of nitrogens with one attached hydrogen (secondary N) is 2. The number of rotatable bonds is 4. The molecule has 0 unspecified atom stereocenters. The lowest BCUT2D eigenvalue weighted by molar-refractivity contribution is 0.627. The molecule has 0 bridgehead atoms. The van der Waals surface area contributed by atoms with Crippen molar-refractivity contribution in [3.8, 4) is 0 Å². The molecule has 4 N–H and O–H groups in total. The Labute approximate surface area is 133 Å². The smallest absolute Gasteiger partial charge is 0.243 e. The molecule has 7 nitrogen and oxygen atoms in total. The van der Waals surface area contributed by atoms with Crippen LogP contribution >= 0.6 is 27.5 Å². The highest BCUT2D eigenvalue weighted by atomic mass is 79.9. The summed E-state index contributed by atoms with van der Waals surface area (Å²) in [5, 5.41) is 3.10. The molecular weight excluding hydrogens is 365 g/mol. The van der Waals surface area contributed by atoms with E-state index < -0.39 is 5.82 Å². The zero-order chi connectivity index (χ0) is 15.6. The van der Waals surface area contributed by atoms with Gasteiger partial charge in [-0.3, -0.25) is 5.43 Å². The number of hydrogen-bond acceptors (Lipinski definition) is 7. The molecule has 0 fully saturated rings. The molecule has 1 heterocycles. The highest BCUT2D eigenvalue weighted by molar-refractivity contribution is 9.10. The summed E-state index contributed by atoms with van der Waals surface area (Å²) in [6.45, 7) is 0. The highest BCUT2D eigenvalue weighted by Crippen LogP contribution is 2.33. The number of hydrazine groups is 1. The zero-order valence-electron chi connectivity index (χ0n) is 11.2. The van der Waals surface area contributed by atoms with Crippen molar-refractivity contribution in [1.29, 1.82) is 0 Å². The van der Waals surface area contributed by atoms with Gasteiger partial charge in [-0.25, -0.2) is 10.2 Å². The van der Waals surface area contributed by atoms with Crippen molar-refractivity contribution < 1.29 is 4.39 Å². The maximum atomic E-state index is 13.2. The molecule has 1 aromatic heterocycles. The first-order chi connectivity index (χ1) is 9.90. The van der Waals surface area contributed by atoms with Gasteiger partial charge >= 0.3 is 0 Å². The van der Waals surface area contributed by atoms with Crippen LogP contribution in [0.1, 0.15) is 0 Å². The van der Waals surface area contributed by atoms with Gasteiger partial charge in [0.05, 0.1) is 10.7 Å². The van der Waals surface area contributed by atoms with Crippen LogP contribution in [0, 0.1) is 5.82 Å². The first-order valence-electron chi connectivity index (χ1n) is 5.72. The van der Waals surface area contributed by atoms with E-state index in [1.54, 1.807) is 19.0 Å². The van der Waals surface area contributed by atoms with Crippen LogP contribution in [-0.4, -0.2) is 29.0 Å². The van der Waals surface area contributed by atoms with E-state index in [0.29, 0.717) is 16.1 Å². The summed E-state index contributed by atoms with van der Waals surface area (Å²) < 4.78 is 13.7. The number of halogens is 3. The second-order valence-corrected chi connectivity index (χ2v) is 5.45. The Kier molecular flexibility index (Phi) is 4.76. The second kappa shape index (κ2) is 6.37. The third-order valence-electron chi connectivity index (χ3n) is 2.40. The van der Waals surface area contributed by atoms with Crippen LogP contribution in [0.5, 0.6) is 0 Å². The fourth-order valence-electron chi connectivity index (χ4n) is 1.46. The molecule has 2 rings (SSSR count). The summed E-state index contributed by atoms with van der Waals surface area (Å²) in [7, 11) is 3.56. The van der Waals surface area contributed by atoms with Crippen LogP contribution in [0.25, 0.3) is 0 Å². The molecule has 0 amide bonds. The Balaban J connectivity index is 2.42. The lowest BCUT2D eigenvalue weighted by Crippen LogP contribution is -2.18. The van der Waals surface area contributed by atoms with E-state index in [-0.39, 0.29) is 16.9 Å². The van der Waals surface area contributed by atoms with Gasteiger partial charge in [-0.1, -0.05) is 11.6 Å². The van der Waals surface area contributed by atoms with Crippen molar-refractivity contribution in [2.45, 2.75) is 0 Å². The van der Waals surface area contributed by atoms with E-state index in [2.05, 4.69) is 41.6 Å². The SMILES string of the molecule is CN(C)c1nc(NN)nc(Nc2c(Cl)cc(F)cc2Br)n1. The average molecular weight is 377 g/mol. The summed E-state index contributed by atoms with van der Waals surface area (Å²) in [4.78, 5) is 14.0. The maximum Gasteiger partial charge on any atom is 0.243 e. The fourth-order valence-corrected chi connectivity index (χ4v) is 2.36. The zero-order valence-corrected chi connectivity index (χ0v) is 13.5. The predicted molar refractivity (Wildman–Crippen MR) is 84.4 cm³/mol. The topological polar surface area (TPSA) is 92.0 Å². The lowest BCUT2D eigenvalue weighted by Gasteiger charge is -2.14. The quantitative estimate of drug-likeness (QED) is 0.558. The normalized spacial score (nSPS) is 10.4. The second-order valence-electron chi connectivity index (χ2n) is 4.19. The Morgan fingerprint density at radius 3 is 2.48 bits per heavy atom. The van der Waals surface area contributed by atoms with E-state index >= 15 is 0 Å². The molecule has 0 aliphatic heterocycles. The Morgan fingerprint density at radius 1 is 1.24 bits per heavy atom. The third kappa shape index (κ3) is 3.69. The van der Waals surface area contributed by atoms with Crippen LogP contribution in [-0.2, 0) is 0 Å². The van der Waals surface area contributed by atoms with E-state index in [0.717, 1.165) is 0 Å². The summed E-state index contributed by atoms with van der Waals surface area (Å²) in [6, 6.07) is 2.47. The maximum absolute atomic E-state index is 13.2. The number of aromatic nitrogens is 3. The Bertz CT molecular complexity index is 644. The molecule has 0 spiro atoms. The molecule has 1 aromatic carbocycles. The molecule has 0 aliphatic carbocycles. The first-order valence-corrected chi connectivity index (χ1v) is 6.89. The summed E-state index contributed by atoms with van der Waals surface area (Å²) in [5.74, 6) is 5.68. The predicted octanol–water partition coefficient (Wildman–Crippen LogP) is 2.52. The van der Waals surface area contributed by atoms with Crippen molar-refractivity contribution in [2.75, 3.05) is 29.7 Å². The van der Waals surface area contributed by atoms with Crippen molar-refractivity contribution in [3.63, 3.8) is 0 Å². The summed E-state index contributed by atoms with van der Waals surface area (Å²) >= 11 is 9.24. The molecule has 0 atom stereocenters. The van der Waals surface area contributed by atoms with Crippen LogP contribution in [0.15, 0.2) is 16.6 Å². The number of anilines is 4. The first kappa shape index (κ1) is 15.7. The fraction of sp³-hybridized carbons (Fsp3) is 0.182. The molecular formula is C11H12BrClFN7. The van der Waals surface area contributed by atoms with Gasteiger partial charge in [-0.15, -0.1) is 0 Å². The molecule has 2 aromatic rings. The molecule has 112 valence electrons. The molecule has 0 radical (unpaired) electrons. The van der Waals surface area contributed by atoms with E-state index in [9.17, 15) is 4.39 Å². The van der Waals surface area contributed by atoms with Crippen LogP contribution in [0.4, 0.5) is 27.9 Å². The molecule has 10 heteroatoms. The van der Waals surface area contributed by atoms with Gasteiger partial charge in [0.1, 0.15) is 5.82 Å². The minimum absolute atomic E-state index is 0.186. The largest absolute Gasteiger partial charge is 0.347 e. The summed E-state index contributed by atoms with van der Waals surface area (Å²) in [5.41, 5.74) is 2.79. The highest BCUT2D eigenvalue weighted by Gasteiger charge is 2.12. The van der Waals surface area contributed by atoms with Gasteiger partial charge in [-0.05, 0) is 28.1 Å². The van der Waals surface area contributed by atoms with Gasteiger partial charge < -0.3 is 10.2 Å². The molecule has 0 saturated carbocycles. The Hall–Kier alpha value is -1.71. The van der Waals surface area contributed by atoms with Gasteiger partial charge in [0.2, 0.25) is 17.8 Å². The Morgan fingerprint density at radius 2 is 1.90 bits per heavy atom. The van der Waals surface area contributed by atoms with Gasteiger partial charge in [0, 0.05) is 18.6 Å². The van der Waals surface area contributed by atoms with E-state index in [4.69, 9.17) is 17.4 Å². The standard InChI is InChI=1S/C11H12BrClFN7/c1-21(2)11-18-9(17-10(19-11)20-15)16-8-6(12)3-5(14)4-7(8)13/h3-4H,15H2,1-2H3,(H2,16,17,18,19,20). The average Bonchev–Trinajstić information content (AvgIpc) is 2.42. The van der Waals surface area contributed by atoms with Crippen LogP contribution in [0.3, 0.4) is 0 Å². The van der Waals surface area contributed by atoms with Gasteiger partial charge in [0.25, 0.3) is 0 Å². The number of nitrogen functional groups attached to an aromatic ring is 1. The van der Waals surface area contributed by atoms with Crippen molar-refractivity contribution in [1.82, 2.24) is 15.0 Å². The number of benzene rings is 1. The van der Waals surface area contributed by atoms with E-state index in [1.165, 1.54) is 12.1 Å². The van der Waals surface area contributed by atoms with Crippen LogP contribution in [0.2, 0.25) is 5.02 Å². The molecule has 21 heavy (non-hydrogen) atoms. The van der Waals surface area contributed by atoms with Gasteiger partial charge in [-0.2, -0.15) is 15.0 Å². The number of nitrogens with zero attached hydrogens (tertiary/aromatic N) is 4. The van der Waals surface area contributed by atoms with Crippen molar-refractivity contribution >= 4 is 51.1 Å². The lowest BCUT2D eigenvalue weighted by atomic mass is 10.3. The number of nitrogens with two attached hydrogens (primary N) is 1. The van der Waals surface area contributed by atoms with Crippen molar-refractivity contribution in [2.24, 2.45) is 5.84 Å². The van der Waals surface area contributed by atoms with Gasteiger partial charge in [0.15, 0.2) is 0 Å². The van der Waals surface area contributed by atoms with Crippen molar-refractivity contribution in [3.05, 3.63) is 27.4 Å². The third-order valence-corrected chi connectivity index (χ3v) is 3.32. The minimum atomic E-state index is -0.452. The summed E-state index contributed by atoms with van der Waals surface area (Å²) in [6.07, 6.45) is 0. The number of hydrogen-bond donors (Lipinski definition) is 3. The molecule has 0 aliphatic rings. The molecule has 0 saturated heterocycles. The monoisotopic (exact) mass is 375 g/mol. The van der Waals surface area contributed by atoms with Crippen LogP contribution < -0.4 is 21.5 Å². The van der Waals surface area contributed by atoms with E-state index in [1.807, 2.05) is 0 Å². The minimum Gasteiger partial charge on any atom is -0.347 e.